The smallest absolute Gasteiger partial charge is 0.165 e. The summed E-state index contributed by atoms with van der Waals surface area (Å²) in [6, 6.07) is 11.9. The molecule has 0 aromatic heterocycles. The molecular weight excluding hydrogens is 397 g/mol. The summed E-state index contributed by atoms with van der Waals surface area (Å²) >= 11 is 5.97. The molecule has 0 aliphatic heterocycles. The molecule has 0 fully saturated rings. The summed E-state index contributed by atoms with van der Waals surface area (Å²) in [6.07, 6.45) is 0.567. The molecule has 24 heavy (non-hydrogen) atoms. The van der Waals surface area contributed by atoms with Crippen LogP contribution in [0.25, 0.3) is 0 Å². The molecule has 132 valence electrons. The number of hydrogen-bond acceptors (Lipinski definition) is 3. The number of halogens is 3. The van der Waals surface area contributed by atoms with E-state index in [4.69, 9.17) is 16.3 Å². The first-order valence-electron chi connectivity index (χ1n) is 7.40. The second-order valence-electron chi connectivity index (χ2n) is 5.80. The van der Waals surface area contributed by atoms with Gasteiger partial charge in [-0.25, -0.2) is 4.39 Å². The molecule has 0 aliphatic rings. The van der Waals surface area contributed by atoms with E-state index in [-0.39, 0.29) is 34.6 Å². The number of aliphatic hydroxyl groups is 1. The maximum Gasteiger partial charge on any atom is 0.165 e. The number of nitrogens with one attached hydrogen (secondary N) is 1. The zero-order chi connectivity index (χ0) is 17.0. The minimum absolute atomic E-state index is 0. The highest BCUT2D eigenvalue weighted by molar-refractivity contribution is 8.93. The van der Waals surface area contributed by atoms with Crippen LogP contribution in [0.4, 0.5) is 4.39 Å². The van der Waals surface area contributed by atoms with Gasteiger partial charge in [-0.05, 0) is 55.7 Å². The fourth-order valence-corrected chi connectivity index (χ4v) is 2.79. The first-order chi connectivity index (χ1) is 10.8. The van der Waals surface area contributed by atoms with Crippen LogP contribution >= 0.6 is 28.6 Å². The van der Waals surface area contributed by atoms with Gasteiger partial charge in [0.15, 0.2) is 11.6 Å². The van der Waals surface area contributed by atoms with Gasteiger partial charge in [-0.15, -0.1) is 17.0 Å². The molecule has 2 rings (SSSR count). The molecule has 2 aromatic carbocycles. The molecule has 0 radical (unpaired) electrons. The van der Waals surface area contributed by atoms with Crippen LogP contribution in [0.5, 0.6) is 5.75 Å². The van der Waals surface area contributed by atoms with Gasteiger partial charge in [0.25, 0.3) is 0 Å². The second kappa shape index (κ2) is 8.81. The Kier molecular flexibility index (Phi) is 7.67. The lowest BCUT2D eigenvalue weighted by Gasteiger charge is -2.29. The monoisotopic (exact) mass is 417 g/mol. The van der Waals surface area contributed by atoms with Crippen molar-refractivity contribution in [3.63, 3.8) is 0 Å². The van der Waals surface area contributed by atoms with Crippen molar-refractivity contribution in [2.45, 2.75) is 32.0 Å². The van der Waals surface area contributed by atoms with E-state index in [9.17, 15) is 9.50 Å². The highest BCUT2D eigenvalue weighted by Gasteiger charge is 2.25. The summed E-state index contributed by atoms with van der Waals surface area (Å²) < 4.78 is 18.7. The second-order valence-corrected chi connectivity index (χ2v) is 6.24. The van der Waals surface area contributed by atoms with E-state index in [1.165, 1.54) is 13.2 Å². The zero-order valence-electron chi connectivity index (χ0n) is 13.8. The van der Waals surface area contributed by atoms with Crippen molar-refractivity contribution < 1.29 is 14.2 Å². The van der Waals surface area contributed by atoms with Crippen LogP contribution in [-0.4, -0.2) is 18.3 Å². The van der Waals surface area contributed by atoms with Gasteiger partial charge in [-0.3, -0.25) is 5.32 Å². The molecule has 0 unspecified atom stereocenters. The molecule has 2 atom stereocenters. The minimum Gasteiger partial charge on any atom is -0.494 e. The maximum atomic E-state index is 13.7. The molecule has 2 aromatic rings. The fourth-order valence-electron chi connectivity index (χ4n) is 2.60. The van der Waals surface area contributed by atoms with Crippen LogP contribution < -0.4 is 10.1 Å². The zero-order valence-corrected chi connectivity index (χ0v) is 16.3. The lowest BCUT2D eigenvalue weighted by atomic mass is 10.0. The van der Waals surface area contributed by atoms with Gasteiger partial charge in [-0.2, -0.15) is 0 Å². The fraction of sp³-hybridized carbons (Fsp3) is 0.333. The number of rotatable bonds is 6. The summed E-state index contributed by atoms with van der Waals surface area (Å²) in [6.45, 7) is 3.60. The summed E-state index contributed by atoms with van der Waals surface area (Å²) in [5.41, 5.74) is 0.276. The van der Waals surface area contributed by atoms with Gasteiger partial charge in [0, 0.05) is 11.1 Å². The van der Waals surface area contributed by atoms with Crippen LogP contribution in [-0.2, 0) is 12.1 Å². The molecule has 2 N–H and O–H groups in total. The van der Waals surface area contributed by atoms with E-state index in [0.717, 1.165) is 5.56 Å². The molecule has 0 aliphatic carbocycles. The van der Waals surface area contributed by atoms with E-state index in [2.05, 4.69) is 5.32 Å². The third kappa shape index (κ3) is 5.45. The summed E-state index contributed by atoms with van der Waals surface area (Å²) in [4.78, 5) is 0. The van der Waals surface area contributed by atoms with E-state index < -0.39 is 5.72 Å². The van der Waals surface area contributed by atoms with Crippen molar-refractivity contribution in [3.05, 3.63) is 64.4 Å². The normalized spacial score (nSPS) is 14.4. The molecule has 0 heterocycles. The Labute approximate surface area is 157 Å². The molecule has 0 spiro atoms. The van der Waals surface area contributed by atoms with E-state index in [1.807, 2.05) is 13.0 Å². The molecule has 0 saturated carbocycles. The average Bonchev–Trinajstić information content (AvgIpc) is 2.46. The van der Waals surface area contributed by atoms with Crippen LogP contribution in [0, 0.1) is 5.82 Å². The Morgan fingerprint density at radius 3 is 2.58 bits per heavy atom. The highest BCUT2D eigenvalue weighted by atomic mass is 79.9. The van der Waals surface area contributed by atoms with Gasteiger partial charge < -0.3 is 9.84 Å². The van der Waals surface area contributed by atoms with Crippen molar-refractivity contribution in [1.82, 2.24) is 5.32 Å². The number of benzene rings is 2. The predicted molar refractivity (Wildman–Crippen MR) is 101 cm³/mol. The minimum atomic E-state index is -1.23. The van der Waals surface area contributed by atoms with Crippen molar-refractivity contribution in [2.75, 3.05) is 7.11 Å². The topological polar surface area (TPSA) is 41.5 Å². The van der Waals surface area contributed by atoms with Crippen molar-refractivity contribution in [1.29, 1.82) is 0 Å². The third-order valence-electron chi connectivity index (χ3n) is 3.67. The Balaban J connectivity index is 0.00000288. The van der Waals surface area contributed by atoms with Crippen LogP contribution in [0.2, 0.25) is 5.02 Å². The van der Waals surface area contributed by atoms with Gasteiger partial charge in [-0.1, -0.05) is 29.8 Å². The SMILES string of the molecule is Br.COc1ccc(C[C@@H](C)N[C@@](C)(O)c2cccc(Cl)c2)cc1F. The Morgan fingerprint density at radius 1 is 1.29 bits per heavy atom. The first kappa shape index (κ1) is 20.9. The number of methoxy groups -OCH3 is 1. The third-order valence-corrected chi connectivity index (χ3v) is 3.91. The van der Waals surface area contributed by atoms with Crippen molar-refractivity contribution in [2.24, 2.45) is 0 Å². The largest absolute Gasteiger partial charge is 0.494 e. The van der Waals surface area contributed by atoms with Gasteiger partial charge in [0.05, 0.1) is 7.11 Å². The van der Waals surface area contributed by atoms with Gasteiger partial charge in [0.2, 0.25) is 0 Å². The standard InChI is InChI=1S/C18H21ClFNO2.BrH/c1-12(9-13-7-8-17(23-3)16(20)10-13)21-18(2,22)14-5-4-6-15(19)11-14;/h4-8,10-12,21-22H,9H2,1-3H3;1H/t12-,18+;/m1./s1. The number of ether oxygens (including phenoxy) is 1. The maximum absolute atomic E-state index is 13.7. The summed E-state index contributed by atoms with van der Waals surface area (Å²) in [5.74, 6) is -0.168. The molecule has 3 nitrogen and oxygen atoms in total. The van der Waals surface area contributed by atoms with Crippen LogP contribution in [0.1, 0.15) is 25.0 Å². The van der Waals surface area contributed by atoms with Gasteiger partial charge >= 0.3 is 0 Å². The average molecular weight is 419 g/mol. The molecule has 0 bridgehead atoms. The molecular formula is C18H22BrClFNO2. The van der Waals surface area contributed by atoms with E-state index in [1.54, 1.807) is 37.3 Å². The Hall–Kier alpha value is -1.14. The summed E-state index contributed by atoms with van der Waals surface area (Å²) in [5, 5.41) is 14.3. The van der Waals surface area contributed by atoms with E-state index >= 15 is 0 Å². The molecule has 0 amide bonds. The first-order valence-corrected chi connectivity index (χ1v) is 7.78. The summed E-state index contributed by atoms with van der Waals surface area (Å²) in [7, 11) is 1.43. The molecule has 0 saturated heterocycles. The predicted octanol–water partition coefficient (Wildman–Crippen LogP) is 4.45. The highest BCUT2D eigenvalue weighted by Crippen LogP contribution is 2.23. The quantitative estimate of drug-likeness (QED) is 0.681. The molecule has 6 heteroatoms. The van der Waals surface area contributed by atoms with Crippen molar-refractivity contribution in [3.8, 4) is 5.75 Å². The lowest BCUT2D eigenvalue weighted by Crippen LogP contribution is -2.45. The Morgan fingerprint density at radius 2 is 2.00 bits per heavy atom. The Bertz CT molecular complexity index is 682. The van der Waals surface area contributed by atoms with E-state index in [0.29, 0.717) is 17.0 Å². The lowest BCUT2D eigenvalue weighted by molar-refractivity contribution is 0.00971. The van der Waals surface area contributed by atoms with Crippen LogP contribution in [0.15, 0.2) is 42.5 Å². The number of hydrogen-bond donors (Lipinski definition) is 2. The van der Waals surface area contributed by atoms with Crippen LogP contribution in [0.3, 0.4) is 0 Å². The van der Waals surface area contributed by atoms with Gasteiger partial charge in [0.1, 0.15) is 5.72 Å². The van der Waals surface area contributed by atoms with Crippen molar-refractivity contribution >= 4 is 28.6 Å².